The Balaban J connectivity index is 1.79. The maximum absolute atomic E-state index is 13.4. The Morgan fingerprint density at radius 3 is 2.33 bits per heavy atom. The lowest BCUT2D eigenvalue weighted by Crippen LogP contribution is -2.39. The molecule has 1 unspecified atom stereocenters. The number of likely N-dealkylation sites (N-methyl/N-ethyl adjacent to an activating group) is 1. The number of carbonyl (C=O) groups excluding carboxylic acids is 2. The van der Waals surface area contributed by atoms with Gasteiger partial charge in [-0.2, -0.15) is 13.2 Å². The summed E-state index contributed by atoms with van der Waals surface area (Å²) in [5.41, 5.74) is -0.00433. The minimum Gasteiger partial charge on any atom is -0.492 e. The predicted molar refractivity (Wildman–Crippen MR) is 133 cm³/mol. The number of para-hydroxylation sites is 2. The fourth-order valence-electron chi connectivity index (χ4n) is 3.63. The average Bonchev–Trinajstić information content (AvgIpc) is 2.82. The van der Waals surface area contributed by atoms with Crippen LogP contribution in [0.3, 0.4) is 0 Å². The van der Waals surface area contributed by atoms with Gasteiger partial charge in [-0.15, -0.1) is 0 Å². The molecule has 3 aromatic rings. The third-order valence-corrected chi connectivity index (χ3v) is 5.53. The zero-order chi connectivity index (χ0) is 26.3. The van der Waals surface area contributed by atoms with Crippen molar-refractivity contribution in [1.82, 2.24) is 4.90 Å². The topological polar surface area (TPSA) is 70.7 Å². The number of anilines is 2. The highest BCUT2D eigenvalue weighted by molar-refractivity contribution is 6.31. The molecule has 0 aliphatic heterocycles. The maximum atomic E-state index is 13.4. The Bertz CT molecular complexity index is 1210. The van der Waals surface area contributed by atoms with Crippen molar-refractivity contribution < 1.29 is 27.5 Å². The summed E-state index contributed by atoms with van der Waals surface area (Å²) in [6.45, 7) is 1.97. The smallest absolute Gasteiger partial charge is 0.417 e. The molecular formula is C26H25ClF3N3O3. The van der Waals surface area contributed by atoms with Crippen molar-refractivity contribution in [2.24, 2.45) is 0 Å². The summed E-state index contributed by atoms with van der Waals surface area (Å²) in [7, 11) is 1.58. The number of benzene rings is 3. The fraction of sp³-hybridized carbons (Fsp3) is 0.231. The number of nitrogens with zero attached hydrogens (tertiary/aromatic N) is 1. The van der Waals surface area contributed by atoms with Crippen LogP contribution in [0.2, 0.25) is 5.02 Å². The zero-order valence-corrected chi connectivity index (χ0v) is 20.4. The van der Waals surface area contributed by atoms with Gasteiger partial charge in [0.25, 0.3) is 0 Å². The van der Waals surface area contributed by atoms with Crippen molar-refractivity contribution in [1.29, 1.82) is 0 Å². The molecule has 0 aliphatic carbocycles. The number of carbonyl (C=O) groups is 2. The lowest BCUT2D eigenvalue weighted by molar-refractivity contribution is -0.137. The third kappa shape index (κ3) is 6.99. The summed E-state index contributed by atoms with van der Waals surface area (Å²) < 4.78 is 45.0. The first-order valence-corrected chi connectivity index (χ1v) is 11.4. The molecule has 190 valence electrons. The van der Waals surface area contributed by atoms with Crippen LogP contribution in [-0.4, -0.2) is 36.9 Å². The minimum absolute atomic E-state index is 0.0588. The first-order valence-electron chi connectivity index (χ1n) is 11.0. The first-order chi connectivity index (χ1) is 17.1. The van der Waals surface area contributed by atoms with E-state index in [1.165, 1.54) is 11.0 Å². The van der Waals surface area contributed by atoms with E-state index in [4.69, 9.17) is 16.3 Å². The second-order valence-electron chi connectivity index (χ2n) is 7.89. The summed E-state index contributed by atoms with van der Waals surface area (Å²) in [6.07, 6.45) is -4.66. The third-order valence-electron chi connectivity index (χ3n) is 5.20. The van der Waals surface area contributed by atoms with Crippen LogP contribution >= 0.6 is 11.6 Å². The molecule has 0 aromatic heterocycles. The Morgan fingerprint density at radius 1 is 1.00 bits per heavy atom. The van der Waals surface area contributed by atoms with E-state index in [1.807, 2.05) is 6.92 Å². The van der Waals surface area contributed by atoms with E-state index in [0.717, 1.165) is 12.1 Å². The first kappa shape index (κ1) is 27.0. The lowest BCUT2D eigenvalue weighted by atomic mass is 10.0. The normalized spacial score (nSPS) is 12.2. The van der Waals surface area contributed by atoms with E-state index in [9.17, 15) is 22.8 Å². The number of halogens is 4. The summed E-state index contributed by atoms with van der Waals surface area (Å²) in [4.78, 5) is 27.6. The molecule has 1 atom stereocenters. The zero-order valence-electron chi connectivity index (χ0n) is 19.6. The molecule has 2 amide bonds. The number of hydrogen-bond donors (Lipinski definition) is 2. The lowest BCUT2D eigenvalue weighted by Gasteiger charge is -2.27. The van der Waals surface area contributed by atoms with E-state index in [-0.39, 0.29) is 12.2 Å². The molecule has 2 N–H and O–H groups in total. The van der Waals surface area contributed by atoms with Gasteiger partial charge >= 0.3 is 6.18 Å². The van der Waals surface area contributed by atoms with Crippen molar-refractivity contribution >= 4 is 34.8 Å². The van der Waals surface area contributed by atoms with E-state index in [1.54, 1.807) is 61.6 Å². The molecule has 0 bridgehead atoms. The number of hydrogen-bond acceptors (Lipinski definition) is 4. The van der Waals surface area contributed by atoms with Crippen molar-refractivity contribution in [2.45, 2.75) is 19.1 Å². The monoisotopic (exact) mass is 519 g/mol. The van der Waals surface area contributed by atoms with E-state index < -0.39 is 34.6 Å². The van der Waals surface area contributed by atoms with E-state index in [2.05, 4.69) is 10.6 Å². The van der Waals surface area contributed by atoms with Crippen LogP contribution in [0.1, 0.15) is 24.1 Å². The van der Waals surface area contributed by atoms with Gasteiger partial charge in [0, 0.05) is 5.69 Å². The Morgan fingerprint density at radius 2 is 1.67 bits per heavy atom. The second-order valence-corrected chi connectivity index (χ2v) is 8.29. The number of ether oxygens (including phenoxy) is 1. The van der Waals surface area contributed by atoms with Crippen LogP contribution in [0.4, 0.5) is 24.5 Å². The van der Waals surface area contributed by atoms with Gasteiger partial charge in [-0.05, 0) is 49.9 Å². The Kier molecular flexibility index (Phi) is 8.95. The number of rotatable bonds is 9. The molecule has 0 spiro atoms. The molecule has 0 aliphatic rings. The SMILES string of the molecule is CCOc1ccccc1NC(=O)C(c1ccccc1)N(C)CC(=O)Nc1ccc(Cl)c(C(F)(F)F)c1. The van der Waals surface area contributed by atoms with Gasteiger partial charge in [-0.3, -0.25) is 14.5 Å². The maximum Gasteiger partial charge on any atom is 0.417 e. The van der Waals surface area contributed by atoms with Gasteiger partial charge < -0.3 is 15.4 Å². The molecule has 0 saturated carbocycles. The van der Waals surface area contributed by atoms with E-state index >= 15 is 0 Å². The molecule has 0 fully saturated rings. The van der Waals surface area contributed by atoms with E-state index in [0.29, 0.717) is 23.6 Å². The molecule has 3 rings (SSSR count). The number of nitrogens with one attached hydrogen (secondary N) is 2. The van der Waals surface area contributed by atoms with Crippen LogP contribution in [0.15, 0.2) is 72.8 Å². The van der Waals surface area contributed by atoms with Gasteiger partial charge in [0.15, 0.2) is 0 Å². The van der Waals surface area contributed by atoms with Crippen molar-refractivity contribution in [3.05, 3.63) is 88.9 Å². The molecule has 10 heteroatoms. The summed E-state index contributed by atoms with van der Waals surface area (Å²) in [5, 5.41) is 4.83. The molecule has 36 heavy (non-hydrogen) atoms. The van der Waals surface area contributed by atoms with Crippen molar-refractivity contribution in [2.75, 3.05) is 30.8 Å². The molecule has 0 saturated heterocycles. The second kappa shape index (κ2) is 11.9. The molecule has 6 nitrogen and oxygen atoms in total. The summed E-state index contributed by atoms with van der Waals surface area (Å²) in [6, 6.07) is 18.1. The van der Waals surface area contributed by atoms with Gasteiger partial charge in [0.05, 0.1) is 29.4 Å². The van der Waals surface area contributed by atoms with Gasteiger partial charge in [-0.25, -0.2) is 0 Å². The van der Waals surface area contributed by atoms with Crippen LogP contribution in [0.25, 0.3) is 0 Å². The van der Waals surface area contributed by atoms with Gasteiger partial charge in [0.2, 0.25) is 11.8 Å². The van der Waals surface area contributed by atoms with Crippen LogP contribution in [-0.2, 0) is 15.8 Å². The van der Waals surface area contributed by atoms with Crippen LogP contribution in [0.5, 0.6) is 5.75 Å². The van der Waals surface area contributed by atoms with Gasteiger partial charge in [0.1, 0.15) is 11.8 Å². The number of amides is 2. The highest BCUT2D eigenvalue weighted by atomic mass is 35.5. The average molecular weight is 520 g/mol. The minimum atomic E-state index is -4.66. The largest absolute Gasteiger partial charge is 0.492 e. The van der Waals surface area contributed by atoms with Crippen LogP contribution in [0, 0.1) is 0 Å². The Hall–Kier alpha value is -3.56. The van der Waals surface area contributed by atoms with Crippen LogP contribution < -0.4 is 15.4 Å². The summed E-state index contributed by atoms with van der Waals surface area (Å²) >= 11 is 5.65. The fourth-order valence-corrected chi connectivity index (χ4v) is 3.86. The predicted octanol–water partition coefficient (Wildman–Crippen LogP) is 6.01. The molecule has 0 radical (unpaired) electrons. The van der Waals surface area contributed by atoms with Gasteiger partial charge in [-0.1, -0.05) is 54.1 Å². The van der Waals surface area contributed by atoms with Crippen molar-refractivity contribution in [3.8, 4) is 5.75 Å². The highest BCUT2D eigenvalue weighted by Gasteiger charge is 2.33. The summed E-state index contributed by atoms with van der Waals surface area (Å²) in [5.74, 6) is -0.505. The quantitative estimate of drug-likeness (QED) is 0.363. The molecule has 0 heterocycles. The highest BCUT2D eigenvalue weighted by Crippen LogP contribution is 2.36. The molecule has 3 aromatic carbocycles. The Labute approximate surface area is 212 Å². The number of alkyl halides is 3. The van der Waals surface area contributed by atoms with Crippen molar-refractivity contribution in [3.63, 3.8) is 0 Å². The molecular weight excluding hydrogens is 495 g/mol. The standard InChI is InChI=1S/C26H25ClF3N3O3/c1-3-36-22-12-8-7-11-21(22)32-25(35)24(17-9-5-4-6-10-17)33(2)16-23(34)31-18-13-14-20(27)19(15-18)26(28,29)30/h4-15,24H,3,16H2,1-2H3,(H,31,34)(H,32,35).